The molecule has 6 heteroatoms. The number of ether oxygens (including phenoxy) is 1. The second kappa shape index (κ2) is 7.01. The second-order valence-electron chi connectivity index (χ2n) is 6.91. The molecular formula is C17H27N3O2S. The van der Waals surface area contributed by atoms with Gasteiger partial charge in [0.15, 0.2) is 0 Å². The summed E-state index contributed by atoms with van der Waals surface area (Å²) >= 11 is 4.47. The van der Waals surface area contributed by atoms with Crippen LogP contribution in [0.1, 0.15) is 31.9 Å². The Labute approximate surface area is 144 Å². The Hall–Kier alpha value is -1.40. The minimum absolute atomic E-state index is 0.237. The molecule has 1 heterocycles. The molecule has 1 aliphatic rings. The maximum Gasteiger partial charge on any atom is 0.410 e. The summed E-state index contributed by atoms with van der Waals surface area (Å²) in [5, 5.41) is 0. The van der Waals surface area contributed by atoms with Gasteiger partial charge in [-0.05, 0) is 51.0 Å². The quantitative estimate of drug-likeness (QED) is 0.815. The SMILES string of the molecule is Cc1c(CN)cc(S)cc1N1CCN(C(=O)OC(C)(C)C)CC1. The maximum atomic E-state index is 12.1. The molecule has 0 aromatic heterocycles. The number of amides is 1. The summed E-state index contributed by atoms with van der Waals surface area (Å²) in [6.45, 7) is 11.1. The lowest BCUT2D eigenvalue weighted by atomic mass is 10.1. The number of hydrogen-bond acceptors (Lipinski definition) is 5. The fourth-order valence-electron chi connectivity index (χ4n) is 2.74. The summed E-state index contributed by atoms with van der Waals surface area (Å²) in [4.78, 5) is 17.1. The molecule has 1 aliphatic heterocycles. The number of benzene rings is 1. The van der Waals surface area contributed by atoms with Crippen molar-refractivity contribution in [3.8, 4) is 0 Å². The van der Waals surface area contributed by atoms with Gasteiger partial charge in [-0.15, -0.1) is 12.6 Å². The first-order chi connectivity index (χ1) is 10.7. The standard InChI is InChI=1S/C17H27N3O2S/c1-12-13(11-18)9-14(23)10-15(12)19-5-7-20(8-6-19)16(21)22-17(2,3)4/h9-10,23H,5-8,11,18H2,1-4H3. The largest absolute Gasteiger partial charge is 0.444 e. The molecule has 0 atom stereocenters. The first kappa shape index (κ1) is 17.9. The number of carbonyl (C=O) groups is 1. The van der Waals surface area contributed by atoms with Gasteiger partial charge in [-0.3, -0.25) is 0 Å². The monoisotopic (exact) mass is 337 g/mol. The van der Waals surface area contributed by atoms with E-state index in [-0.39, 0.29) is 6.09 Å². The first-order valence-corrected chi connectivity index (χ1v) is 8.41. The lowest BCUT2D eigenvalue weighted by Gasteiger charge is -2.37. The summed E-state index contributed by atoms with van der Waals surface area (Å²) in [5.74, 6) is 0. The van der Waals surface area contributed by atoms with Crippen molar-refractivity contribution in [2.45, 2.75) is 44.7 Å². The zero-order valence-corrected chi connectivity index (χ0v) is 15.3. The van der Waals surface area contributed by atoms with E-state index in [9.17, 15) is 4.79 Å². The van der Waals surface area contributed by atoms with Crippen LogP contribution in [0.3, 0.4) is 0 Å². The van der Waals surface area contributed by atoms with Crippen molar-refractivity contribution < 1.29 is 9.53 Å². The minimum Gasteiger partial charge on any atom is -0.444 e. The highest BCUT2D eigenvalue weighted by Crippen LogP contribution is 2.28. The summed E-state index contributed by atoms with van der Waals surface area (Å²) in [6.07, 6.45) is -0.237. The lowest BCUT2D eigenvalue weighted by molar-refractivity contribution is 0.0240. The average molecular weight is 337 g/mol. The van der Waals surface area contributed by atoms with E-state index in [1.807, 2.05) is 26.8 Å². The Balaban J connectivity index is 2.05. The second-order valence-corrected chi connectivity index (χ2v) is 7.42. The Kier molecular flexibility index (Phi) is 5.47. The van der Waals surface area contributed by atoms with E-state index in [1.54, 1.807) is 4.90 Å². The smallest absolute Gasteiger partial charge is 0.410 e. The fourth-order valence-corrected chi connectivity index (χ4v) is 3.02. The van der Waals surface area contributed by atoms with E-state index in [0.29, 0.717) is 19.6 Å². The van der Waals surface area contributed by atoms with E-state index >= 15 is 0 Å². The topological polar surface area (TPSA) is 58.8 Å². The minimum atomic E-state index is -0.457. The molecule has 0 bridgehead atoms. The van der Waals surface area contributed by atoms with Gasteiger partial charge in [0.1, 0.15) is 5.60 Å². The number of carbonyl (C=O) groups excluding carboxylic acids is 1. The van der Waals surface area contributed by atoms with Crippen LogP contribution in [-0.2, 0) is 11.3 Å². The highest BCUT2D eigenvalue weighted by Gasteiger charge is 2.26. The van der Waals surface area contributed by atoms with Crippen LogP contribution in [0, 0.1) is 6.92 Å². The number of anilines is 1. The molecule has 0 aliphatic carbocycles. The number of hydrogen-bond donors (Lipinski definition) is 2. The molecule has 0 radical (unpaired) electrons. The molecule has 0 unspecified atom stereocenters. The van der Waals surface area contributed by atoms with Crippen molar-refractivity contribution in [3.63, 3.8) is 0 Å². The molecule has 1 aromatic rings. The number of nitrogens with two attached hydrogens (primary N) is 1. The van der Waals surface area contributed by atoms with Crippen LogP contribution in [0.4, 0.5) is 10.5 Å². The van der Waals surface area contributed by atoms with Gasteiger partial charge in [0.25, 0.3) is 0 Å². The van der Waals surface area contributed by atoms with E-state index in [4.69, 9.17) is 10.5 Å². The number of thiol groups is 1. The van der Waals surface area contributed by atoms with E-state index < -0.39 is 5.60 Å². The zero-order valence-electron chi connectivity index (χ0n) is 14.4. The fraction of sp³-hybridized carbons (Fsp3) is 0.588. The molecule has 5 nitrogen and oxygen atoms in total. The number of nitrogens with zero attached hydrogens (tertiary/aromatic N) is 2. The highest BCUT2D eigenvalue weighted by molar-refractivity contribution is 7.80. The molecule has 2 rings (SSSR count). The summed E-state index contributed by atoms with van der Waals surface area (Å²) in [5.41, 5.74) is 8.82. The molecule has 1 saturated heterocycles. The number of rotatable bonds is 2. The third-order valence-electron chi connectivity index (χ3n) is 3.96. The summed E-state index contributed by atoms with van der Waals surface area (Å²) in [6, 6.07) is 4.08. The van der Waals surface area contributed by atoms with Gasteiger partial charge in [0, 0.05) is 43.3 Å². The first-order valence-electron chi connectivity index (χ1n) is 7.96. The zero-order chi connectivity index (χ0) is 17.2. The normalized spacial score (nSPS) is 15.7. The molecule has 23 heavy (non-hydrogen) atoms. The van der Waals surface area contributed by atoms with Gasteiger partial charge < -0.3 is 20.3 Å². The van der Waals surface area contributed by atoms with Gasteiger partial charge >= 0.3 is 6.09 Å². The summed E-state index contributed by atoms with van der Waals surface area (Å²) < 4.78 is 5.44. The third-order valence-corrected chi connectivity index (χ3v) is 4.22. The van der Waals surface area contributed by atoms with Gasteiger partial charge in [-0.25, -0.2) is 4.79 Å². The molecule has 1 aromatic carbocycles. The predicted octanol–water partition coefficient (Wildman–Crippen LogP) is 2.80. The van der Waals surface area contributed by atoms with Crippen LogP contribution in [0.2, 0.25) is 0 Å². The van der Waals surface area contributed by atoms with Crippen LogP contribution >= 0.6 is 12.6 Å². The van der Waals surface area contributed by atoms with Crippen molar-refractivity contribution in [1.29, 1.82) is 0 Å². The van der Waals surface area contributed by atoms with Crippen molar-refractivity contribution in [2.24, 2.45) is 5.73 Å². The average Bonchev–Trinajstić information content (AvgIpc) is 2.47. The lowest BCUT2D eigenvalue weighted by Crippen LogP contribution is -2.50. The van der Waals surface area contributed by atoms with Gasteiger partial charge in [-0.2, -0.15) is 0 Å². The molecule has 1 amide bonds. The van der Waals surface area contributed by atoms with Crippen molar-refractivity contribution in [1.82, 2.24) is 4.90 Å². The Morgan fingerprint density at radius 3 is 2.39 bits per heavy atom. The molecular weight excluding hydrogens is 310 g/mol. The van der Waals surface area contributed by atoms with Gasteiger partial charge in [-0.1, -0.05) is 0 Å². The van der Waals surface area contributed by atoms with E-state index in [1.165, 1.54) is 5.56 Å². The predicted molar refractivity (Wildman–Crippen MR) is 96.3 cm³/mol. The molecule has 128 valence electrons. The van der Waals surface area contributed by atoms with Crippen molar-refractivity contribution in [3.05, 3.63) is 23.3 Å². The van der Waals surface area contributed by atoms with Gasteiger partial charge in [0.2, 0.25) is 0 Å². The molecule has 0 saturated carbocycles. The van der Waals surface area contributed by atoms with Crippen molar-refractivity contribution in [2.75, 3.05) is 31.1 Å². The Morgan fingerprint density at radius 1 is 1.26 bits per heavy atom. The third kappa shape index (κ3) is 4.54. The van der Waals surface area contributed by atoms with E-state index in [2.05, 4.69) is 30.5 Å². The van der Waals surface area contributed by atoms with Gasteiger partial charge in [0.05, 0.1) is 0 Å². The highest BCUT2D eigenvalue weighted by atomic mass is 32.1. The van der Waals surface area contributed by atoms with Crippen LogP contribution in [-0.4, -0.2) is 42.8 Å². The van der Waals surface area contributed by atoms with Crippen LogP contribution < -0.4 is 10.6 Å². The summed E-state index contributed by atoms with van der Waals surface area (Å²) in [7, 11) is 0. The molecule has 2 N–H and O–H groups in total. The van der Waals surface area contributed by atoms with Crippen LogP contribution in [0.15, 0.2) is 17.0 Å². The van der Waals surface area contributed by atoms with Crippen LogP contribution in [0.25, 0.3) is 0 Å². The van der Waals surface area contributed by atoms with Crippen molar-refractivity contribution >= 4 is 24.4 Å². The maximum absolute atomic E-state index is 12.1. The Morgan fingerprint density at radius 2 is 1.87 bits per heavy atom. The van der Waals surface area contributed by atoms with E-state index in [0.717, 1.165) is 29.2 Å². The Bertz CT molecular complexity index is 576. The van der Waals surface area contributed by atoms with Crippen LogP contribution in [0.5, 0.6) is 0 Å². The molecule has 0 spiro atoms. The number of piperazine rings is 1. The molecule has 1 fully saturated rings.